The molecule has 0 aliphatic heterocycles. The fourth-order valence-corrected chi connectivity index (χ4v) is 2.72. The van der Waals surface area contributed by atoms with E-state index >= 15 is 0 Å². The van der Waals surface area contributed by atoms with Crippen LogP contribution in [0.15, 0.2) is 59.4 Å². The lowest BCUT2D eigenvalue weighted by molar-refractivity contribution is 0.655. The topological polar surface area (TPSA) is 22.0 Å². The standard InChI is InChI=1S/C18H16ClNO/c1-13-12-15-4-2-3-5-17(15)18(21)20(13)11-10-14-6-8-16(19)9-7-14/h2-9,12H,10-11H2,1H3. The van der Waals surface area contributed by atoms with Crippen molar-refractivity contribution in [2.75, 3.05) is 0 Å². The van der Waals surface area contributed by atoms with E-state index in [-0.39, 0.29) is 5.56 Å². The van der Waals surface area contributed by atoms with Gasteiger partial charge in [0.15, 0.2) is 0 Å². The Morgan fingerprint density at radius 3 is 2.52 bits per heavy atom. The van der Waals surface area contributed by atoms with Crippen LogP contribution in [0.3, 0.4) is 0 Å². The molecule has 2 aromatic carbocycles. The van der Waals surface area contributed by atoms with Gasteiger partial charge >= 0.3 is 0 Å². The van der Waals surface area contributed by atoms with Gasteiger partial charge in [-0.3, -0.25) is 4.79 Å². The van der Waals surface area contributed by atoms with E-state index < -0.39 is 0 Å². The highest BCUT2D eigenvalue weighted by atomic mass is 35.5. The number of rotatable bonds is 3. The van der Waals surface area contributed by atoms with Crippen LogP contribution in [0, 0.1) is 6.92 Å². The summed E-state index contributed by atoms with van der Waals surface area (Å²) in [7, 11) is 0. The van der Waals surface area contributed by atoms with Crippen molar-refractivity contribution in [2.24, 2.45) is 0 Å². The second-order valence-electron chi connectivity index (χ2n) is 5.21. The highest BCUT2D eigenvalue weighted by Gasteiger charge is 2.06. The molecule has 3 rings (SSSR count). The van der Waals surface area contributed by atoms with Gasteiger partial charge in [-0.2, -0.15) is 0 Å². The molecule has 0 N–H and O–H groups in total. The summed E-state index contributed by atoms with van der Waals surface area (Å²) < 4.78 is 1.84. The Kier molecular flexibility index (Phi) is 3.80. The van der Waals surface area contributed by atoms with Gasteiger partial charge in [0.2, 0.25) is 0 Å². The lowest BCUT2D eigenvalue weighted by Gasteiger charge is -2.11. The number of aromatic nitrogens is 1. The largest absolute Gasteiger partial charge is 0.312 e. The van der Waals surface area contributed by atoms with E-state index in [0.29, 0.717) is 6.54 Å². The summed E-state index contributed by atoms with van der Waals surface area (Å²) in [6.45, 7) is 2.66. The molecular formula is C18H16ClNO. The van der Waals surface area contributed by atoms with Crippen molar-refractivity contribution in [1.29, 1.82) is 0 Å². The highest BCUT2D eigenvalue weighted by Crippen LogP contribution is 2.13. The summed E-state index contributed by atoms with van der Waals surface area (Å²) in [6.07, 6.45) is 0.816. The highest BCUT2D eigenvalue weighted by molar-refractivity contribution is 6.30. The predicted molar refractivity (Wildman–Crippen MR) is 88.1 cm³/mol. The molecule has 0 radical (unpaired) electrons. The minimum absolute atomic E-state index is 0.0829. The second-order valence-corrected chi connectivity index (χ2v) is 5.64. The summed E-state index contributed by atoms with van der Waals surface area (Å²) >= 11 is 5.89. The third-order valence-corrected chi connectivity index (χ3v) is 4.02. The van der Waals surface area contributed by atoms with Crippen molar-refractivity contribution < 1.29 is 0 Å². The normalized spacial score (nSPS) is 11.0. The number of halogens is 1. The monoisotopic (exact) mass is 297 g/mol. The fraction of sp³-hybridized carbons (Fsp3) is 0.167. The Morgan fingerprint density at radius 2 is 1.76 bits per heavy atom. The van der Waals surface area contributed by atoms with E-state index in [1.165, 1.54) is 5.56 Å². The lowest BCUT2D eigenvalue weighted by Crippen LogP contribution is -2.23. The molecule has 3 aromatic rings. The predicted octanol–water partition coefficient (Wildman–Crippen LogP) is 4.21. The molecule has 0 unspecified atom stereocenters. The zero-order valence-electron chi connectivity index (χ0n) is 11.8. The van der Waals surface area contributed by atoms with Crippen LogP contribution in [0.1, 0.15) is 11.3 Å². The van der Waals surface area contributed by atoms with Gasteiger partial charge in [0.05, 0.1) is 0 Å². The molecule has 21 heavy (non-hydrogen) atoms. The van der Waals surface area contributed by atoms with Crippen LogP contribution >= 0.6 is 11.6 Å². The zero-order valence-corrected chi connectivity index (χ0v) is 12.6. The molecule has 3 heteroatoms. The van der Waals surface area contributed by atoms with Crippen LogP contribution in [0.2, 0.25) is 5.02 Å². The number of pyridine rings is 1. The molecule has 1 heterocycles. The molecule has 0 spiro atoms. The molecular weight excluding hydrogens is 282 g/mol. The van der Waals surface area contributed by atoms with Crippen LogP contribution in [-0.4, -0.2) is 4.57 Å². The van der Waals surface area contributed by atoms with Crippen LogP contribution in [0.25, 0.3) is 10.8 Å². The summed E-state index contributed by atoms with van der Waals surface area (Å²) in [5.41, 5.74) is 2.26. The smallest absolute Gasteiger partial charge is 0.258 e. The Labute approximate surface area is 128 Å². The van der Waals surface area contributed by atoms with Gasteiger partial charge in [0.25, 0.3) is 5.56 Å². The lowest BCUT2D eigenvalue weighted by atomic mass is 10.1. The summed E-state index contributed by atoms with van der Waals surface area (Å²) in [6, 6.07) is 17.6. The molecule has 0 amide bonds. The zero-order chi connectivity index (χ0) is 14.8. The summed E-state index contributed by atoms with van der Waals surface area (Å²) in [5.74, 6) is 0. The van der Waals surface area contributed by atoms with Crippen LogP contribution in [0.4, 0.5) is 0 Å². The van der Waals surface area contributed by atoms with Crippen molar-refractivity contribution >= 4 is 22.4 Å². The maximum Gasteiger partial charge on any atom is 0.258 e. The van der Waals surface area contributed by atoms with E-state index in [2.05, 4.69) is 6.07 Å². The first-order valence-corrected chi connectivity index (χ1v) is 7.36. The first kappa shape index (κ1) is 13.9. The van der Waals surface area contributed by atoms with Crippen molar-refractivity contribution in [2.45, 2.75) is 19.9 Å². The van der Waals surface area contributed by atoms with Gasteiger partial charge in [-0.15, -0.1) is 0 Å². The molecule has 0 atom stereocenters. The van der Waals surface area contributed by atoms with E-state index in [4.69, 9.17) is 11.6 Å². The van der Waals surface area contributed by atoms with Gasteiger partial charge in [-0.25, -0.2) is 0 Å². The third kappa shape index (κ3) is 2.86. The minimum Gasteiger partial charge on any atom is -0.312 e. The Balaban J connectivity index is 1.93. The Bertz CT molecular complexity index is 834. The molecule has 0 aliphatic rings. The van der Waals surface area contributed by atoms with Gasteiger partial charge in [-0.05, 0) is 48.6 Å². The number of fused-ring (bicyclic) bond motifs is 1. The first-order valence-electron chi connectivity index (χ1n) is 6.99. The van der Waals surface area contributed by atoms with E-state index in [1.54, 1.807) is 0 Å². The quantitative estimate of drug-likeness (QED) is 0.710. The average Bonchev–Trinajstić information content (AvgIpc) is 2.49. The molecule has 0 saturated carbocycles. The van der Waals surface area contributed by atoms with Gasteiger partial charge < -0.3 is 4.57 Å². The van der Waals surface area contributed by atoms with Gasteiger partial charge in [0.1, 0.15) is 0 Å². The van der Waals surface area contributed by atoms with Crippen molar-refractivity contribution in [1.82, 2.24) is 4.57 Å². The van der Waals surface area contributed by atoms with Gasteiger partial charge in [-0.1, -0.05) is 41.9 Å². The molecule has 2 nitrogen and oxygen atoms in total. The number of nitrogens with zero attached hydrogens (tertiary/aromatic N) is 1. The van der Waals surface area contributed by atoms with E-state index in [1.807, 2.05) is 60.0 Å². The van der Waals surface area contributed by atoms with Crippen molar-refractivity contribution in [3.63, 3.8) is 0 Å². The molecule has 106 valence electrons. The molecule has 0 aliphatic carbocycles. The van der Waals surface area contributed by atoms with Crippen molar-refractivity contribution in [3.05, 3.63) is 81.2 Å². The summed E-state index contributed by atoms with van der Waals surface area (Å²) in [4.78, 5) is 12.6. The average molecular weight is 298 g/mol. The first-order chi connectivity index (χ1) is 10.1. The Hall–Kier alpha value is -2.06. The number of aryl methyl sites for hydroxylation is 2. The Morgan fingerprint density at radius 1 is 1.05 bits per heavy atom. The number of hydrogen-bond donors (Lipinski definition) is 0. The van der Waals surface area contributed by atoms with E-state index in [0.717, 1.165) is 27.9 Å². The van der Waals surface area contributed by atoms with Gasteiger partial charge in [0, 0.05) is 22.6 Å². The fourth-order valence-electron chi connectivity index (χ4n) is 2.60. The molecule has 1 aromatic heterocycles. The summed E-state index contributed by atoms with van der Waals surface area (Å²) in [5, 5.41) is 2.51. The maximum absolute atomic E-state index is 12.6. The third-order valence-electron chi connectivity index (χ3n) is 3.76. The molecule has 0 fully saturated rings. The van der Waals surface area contributed by atoms with Crippen LogP contribution in [0.5, 0.6) is 0 Å². The van der Waals surface area contributed by atoms with Crippen LogP contribution < -0.4 is 5.56 Å². The number of benzene rings is 2. The maximum atomic E-state index is 12.6. The SMILES string of the molecule is Cc1cc2ccccc2c(=O)n1CCc1ccc(Cl)cc1. The molecule has 0 bridgehead atoms. The minimum atomic E-state index is 0.0829. The van der Waals surface area contributed by atoms with E-state index in [9.17, 15) is 4.79 Å². The number of hydrogen-bond acceptors (Lipinski definition) is 1. The van der Waals surface area contributed by atoms with Crippen LogP contribution in [-0.2, 0) is 13.0 Å². The second kappa shape index (κ2) is 5.74. The molecule has 0 saturated heterocycles. The van der Waals surface area contributed by atoms with Crippen molar-refractivity contribution in [3.8, 4) is 0 Å².